The first-order valence-electron chi connectivity index (χ1n) is 6.02. The lowest BCUT2D eigenvalue weighted by atomic mass is 9.52. The van der Waals surface area contributed by atoms with Crippen LogP contribution in [0.3, 0.4) is 0 Å². The molecule has 2 saturated carbocycles. The van der Waals surface area contributed by atoms with Crippen LogP contribution in [0.2, 0.25) is 0 Å². The van der Waals surface area contributed by atoms with E-state index in [1.807, 2.05) is 18.2 Å². The standard InChI is InChI=1S/C14H14BrNS/c15-11-4-1-2-5-12(11)17-14(10-16)8-13(9-14)6-3-7-13/h1-2,4-5H,3,6-9H2. The van der Waals surface area contributed by atoms with E-state index in [2.05, 4.69) is 28.1 Å². The summed E-state index contributed by atoms with van der Waals surface area (Å²) in [7, 11) is 0. The van der Waals surface area contributed by atoms with Crippen molar-refractivity contribution >= 4 is 27.7 Å². The third-order valence-electron chi connectivity index (χ3n) is 4.08. The second-order valence-electron chi connectivity index (χ2n) is 5.35. The van der Waals surface area contributed by atoms with Gasteiger partial charge in [-0.05, 0) is 59.2 Å². The molecule has 1 aromatic carbocycles. The van der Waals surface area contributed by atoms with Crippen molar-refractivity contribution in [2.75, 3.05) is 0 Å². The fourth-order valence-electron chi connectivity index (χ4n) is 3.10. The van der Waals surface area contributed by atoms with Crippen molar-refractivity contribution in [2.45, 2.75) is 41.7 Å². The molecule has 0 N–H and O–H groups in total. The molecule has 0 radical (unpaired) electrons. The van der Waals surface area contributed by atoms with Gasteiger partial charge in [0.15, 0.2) is 0 Å². The fraction of sp³-hybridized carbons (Fsp3) is 0.500. The maximum Gasteiger partial charge on any atom is 0.108 e. The molecule has 3 heteroatoms. The normalized spacial score (nSPS) is 23.5. The SMILES string of the molecule is N#CC1(Sc2ccccc2Br)CC2(CCC2)C1. The Balaban J connectivity index is 1.76. The van der Waals surface area contributed by atoms with Crippen molar-refractivity contribution in [1.82, 2.24) is 0 Å². The number of hydrogen-bond acceptors (Lipinski definition) is 2. The summed E-state index contributed by atoms with van der Waals surface area (Å²) < 4.78 is 0.943. The molecule has 0 aromatic heterocycles. The minimum absolute atomic E-state index is 0.162. The molecular formula is C14H14BrNS. The van der Waals surface area contributed by atoms with E-state index >= 15 is 0 Å². The summed E-state index contributed by atoms with van der Waals surface area (Å²) in [4.78, 5) is 1.20. The van der Waals surface area contributed by atoms with Crippen molar-refractivity contribution in [3.63, 3.8) is 0 Å². The maximum atomic E-state index is 9.45. The first-order valence-corrected chi connectivity index (χ1v) is 7.63. The van der Waals surface area contributed by atoms with Gasteiger partial charge in [0, 0.05) is 9.37 Å². The van der Waals surface area contributed by atoms with Crippen LogP contribution in [0.1, 0.15) is 32.1 Å². The molecule has 1 nitrogen and oxygen atoms in total. The predicted molar refractivity (Wildman–Crippen MR) is 73.9 cm³/mol. The van der Waals surface area contributed by atoms with Crippen molar-refractivity contribution in [2.24, 2.45) is 5.41 Å². The van der Waals surface area contributed by atoms with Crippen LogP contribution in [0.5, 0.6) is 0 Å². The van der Waals surface area contributed by atoms with E-state index in [4.69, 9.17) is 0 Å². The molecule has 0 unspecified atom stereocenters. The molecule has 0 amide bonds. The van der Waals surface area contributed by atoms with Gasteiger partial charge >= 0.3 is 0 Å². The number of hydrogen-bond donors (Lipinski definition) is 0. The van der Waals surface area contributed by atoms with Gasteiger partial charge in [-0.25, -0.2) is 0 Å². The third-order valence-corrected chi connectivity index (χ3v) is 6.38. The molecular weight excluding hydrogens is 294 g/mol. The van der Waals surface area contributed by atoms with Crippen molar-refractivity contribution in [3.8, 4) is 6.07 Å². The first-order chi connectivity index (χ1) is 8.17. The molecule has 88 valence electrons. The summed E-state index contributed by atoms with van der Waals surface area (Å²) in [5, 5.41) is 9.45. The van der Waals surface area contributed by atoms with E-state index in [1.54, 1.807) is 11.8 Å². The fourth-order valence-corrected chi connectivity index (χ4v) is 5.17. The van der Waals surface area contributed by atoms with Gasteiger partial charge in [0.1, 0.15) is 4.75 Å². The van der Waals surface area contributed by atoms with Gasteiger partial charge in [0.2, 0.25) is 0 Å². The summed E-state index contributed by atoms with van der Waals surface area (Å²) in [5.74, 6) is 0. The molecule has 0 bridgehead atoms. The molecule has 17 heavy (non-hydrogen) atoms. The van der Waals surface area contributed by atoms with Gasteiger partial charge in [0.05, 0.1) is 6.07 Å². The highest BCUT2D eigenvalue weighted by atomic mass is 79.9. The van der Waals surface area contributed by atoms with Crippen molar-refractivity contribution < 1.29 is 0 Å². The Labute approximate surface area is 115 Å². The minimum Gasteiger partial charge on any atom is -0.197 e. The van der Waals surface area contributed by atoms with Crippen LogP contribution in [0, 0.1) is 16.7 Å². The maximum absolute atomic E-state index is 9.45. The van der Waals surface area contributed by atoms with Gasteiger partial charge in [-0.1, -0.05) is 18.6 Å². The quantitative estimate of drug-likeness (QED) is 0.786. The number of rotatable bonds is 2. The molecule has 0 heterocycles. The highest BCUT2D eigenvalue weighted by Gasteiger charge is 2.58. The average Bonchev–Trinajstić information content (AvgIpc) is 2.23. The Morgan fingerprint density at radius 2 is 1.94 bits per heavy atom. The van der Waals surface area contributed by atoms with E-state index in [9.17, 15) is 5.26 Å². The second-order valence-corrected chi connectivity index (χ2v) is 7.63. The topological polar surface area (TPSA) is 23.8 Å². The van der Waals surface area contributed by atoms with Crippen LogP contribution >= 0.6 is 27.7 Å². The molecule has 1 aromatic rings. The molecule has 2 fully saturated rings. The highest BCUT2D eigenvalue weighted by Crippen LogP contribution is 2.65. The summed E-state index contributed by atoms with van der Waals surface area (Å²) in [5.41, 5.74) is 0.546. The van der Waals surface area contributed by atoms with Crippen molar-refractivity contribution in [3.05, 3.63) is 28.7 Å². The number of thioether (sulfide) groups is 1. The highest BCUT2D eigenvalue weighted by molar-refractivity contribution is 9.10. The lowest BCUT2D eigenvalue weighted by Gasteiger charge is -2.57. The second kappa shape index (κ2) is 4.03. The summed E-state index contributed by atoms with van der Waals surface area (Å²) in [6, 6.07) is 10.8. The summed E-state index contributed by atoms with van der Waals surface area (Å²) >= 11 is 5.31. The summed E-state index contributed by atoms with van der Waals surface area (Å²) in [6.45, 7) is 0. The number of halogens is 1. The zero-order valence-electron chi connectivity index (χ0n) is 9.58. The molecule has 0 aliphatic heterocycles. The van der Waals surface area contributed by atoms with Gasteiger partial charge in [-0.2, -0.15) is 5.26 Å². The Morgan fingerprint density at radius 1 is 1.24 bits per heavy atom. The average molecular weight is 308 g/mol. The van der Waals surface area contributed by atoms with Crippen LogP contribution in [0.25, 0.3) is 0 Å². The lowest BCUT2D eigenvalue weighted by molar-refractivity contribution is 0.0152. The zero-order chi connectivity index (χ0) is 11.9. The number of nitrogens with zero attached hydrogens (tertiary/aromatic N) is 1. The monoisotopic (exact) mass is 307 g/mol. The van der Waals surface area contributed by atoms with Crippen LogP contribution in [0.15, 0.2) is 33.6 Å². The van der Waals surface area contributed by atoms with Crippen LogP contribution in [-0.2, 0) is 0 Å². The van der Waals surface area contributed by atoms with Gasteiger partial charge < -0.3 is 0 Å². The Kier molecular flexibility index (Phi) is 2.76. The molecule has 0 atom stereocenters. The van der Waals surface area contributed by atoms with E-state index in [1.165, 1.54) is 24.2 Å². The lowest BCUT2D eigenvalue weighted by Crippen LogP contribution is -2.52. The van der Waals surface area contributed by atoms with E-state index in [-0.39, 0.29) is 4.75 Å². The van der Waals surface area contributed by atoms with E-state index in [0.717, 1.165) is 17.3 Å². The minimum atomic E-state index is -0.162. The molecule has 2 aliphatic carbocycles. The predicted octanol–water partition coefficient (Wildman–Crippen LogP) is 4.77. The number of nitriles is 1. The van der Waals surface area contributed by atoms with Crippen LogP contribution in [-0.4, -0.2) is 4.75 Å². The van der Waals surface area contributed by atoms with Gasteiger partial charge in [-0.15, -0.1) is 11.8 Å². The van der Waals surface area contributed by atoms with Gasteiger partial charge in [-0.3, -0.25) is 0 Å². The first kappa shape index (κ1) is 11.6. The third kappa shape index (κ3) is 1.92. The molecule has 2 aliphatic rings. The van der Waals surface area contributed by atoms with E-state index < -0.39 is 0 Å². The Morgan fingerprint density at radius 3 is 2.47 bits per heavy atom. The Bertz CT molecular complexity index is 479. The molecule has 3 rings (SSSR count). The molecule has 0 saturated heterocycles. The summed E-state index contributed by atoms with van der Waals surface area (Å²) in [6.07, 6.45) is 6.21. The number of benzene rings is 1. The van der Waals surface area contributed by atoms with Crippen molar-refractivity contribution in [1.29, 1.82) is 5.26 Å². The zero-order valence-corrected chi connectivity index (χ0v) is 12.0. The van der Waals surface area contributed by atoms with Crippen LogP contribution < -0.4 is 0 Å². The largest absolute Gasteiger partial charge is 0.197 e. The van der Waals surface area contributed by atoms with Gasteiger partial charge in [0.25, 0.3) is 0 Å². The van der Waals surface area contributed by atoms with Crippen LogP contribution in [0.4, 0.5) is 0 Å². The molecule has 1 spiro atoms. The Hall–Kier alpha value is -0.460. The smallest absolute Gasteiger partial charge is 0.108 e. The van der Waals surface area contributed by atoms with E-state index in [0.29, 0.717) is 5.41 Å².